The van der Waals surface area contributed by atoms with Gasteiger partial charge in [-0.25, -0.2) is 0 Å². The van der Waals surface area contributed by atoms with Gasteiger partial charge in [-0.15, -0.1) is 0 Å². The lowest BCUT2D eigenvalue weighted by molar-refractivity contribution is -0.134. The molecule has 134 valence electrons. The molecule has 0 radical (unpaired) electrons. The second-order valence-electron chi connectivity index (χ2n) is 8.03. The summed E-state index contributed by atoms with van der Waals surface area (Å²) < 4.78 is 0. The van der Waals surface area contributed by atoms with Crippen LogP contribution in [0.2, 0.25) is 0 Å². The molecular formula is C19H30N2O3. The molecule has 0 aliphatic heterocycles. The highest BCUT2D eigenvalue weighted by atomic mass is 16.3. The standard InChI is InChI=1S/C19H30N2O3/c1-13(17(23)21(7)12-19(5,6)24)20-16(22)14-8-10-15(11-9-14)18(2,3)4/h8-11,13,24H,12H2,1-7H3,(H,20,22). The van der Waals surface area contributed by atoms with E-state index in [2.05, 4.69) is 26.1 Å². The Morgan fingerprint density at radius 3 is 2.04 bits per heavy atom. The molecule has 1 unspecified atom stereocenters. The number of nitrogens with one attached hydrogen (secondary N) is 1. The van der Waals surface area contributed by atoms with Crippen molar-refractivity contribution in [1.29, 1.82) is 0 Å². The molecule has 0 aliphatic rings. The molecule has 5 nitrogen and oxygen atoms in total. The Balaban J connectivity index is 2.71. The summed E-state index contributed by atoms with van der Waals surface area (Å²) in [6.07, 6.45) is 0. The Kier molecular flexibility index (Phi) is 6.17. The van der Waals surface area contributed by atoms with Crippen molar-refractivity contribution < 1.29 is 14.7 Å². The number of rotatable bonds is 5. The number of hydrogen-bond acceptors (Lipinski definition) is 3. The lowest BCUT2D eigenvalue weighted by Gasteiger charge is -2.28. The second kappa shape index (κ2) is 7.34. The van der Waals surface area contributed by atoms with Gasteiger partial charge in [0.15, 0.2) is 0 Å². The van der Waals surface area contributed by atoms with E-state index in [1.165, 1.54) is 4.90 Å². The van der Waals surface area contributed by atoms with E-state index in [0.717, 1.165) is 5.56 Å². The zero-order chi connectivity index (χ0) is 18.7. The summed E-state index contributed by atoms with van der Waals surface area (Å²) in [6.45, 7) is 11.5. The molecule has 5 heteroatoms. The van der Waals surface area contributed by atoms with Gasteiger partial charge in [0.1, 0.15) is 6.04 Å². The molecule has 1 aromatic rings. The maximum Gasteiger partial charge on any atom is 0.251 e. The van der Waals surface area contributed by atoms with Gasteiger partial charge >= 0.3 is 0 Å². The molecule has 1 atom stereocenters. The number of aliphatic hydroxyl groups is 1. The fourth-order valence-corrected chi connectivity index (χ4v) is 2.45. The van der Waals surface area contributed by atoms with Gasteiger partial charge in [-0.1, -0.05) is 32.9 Å². The van der Waals surface area contributed by atoms with Crippen LogP contribution in [0.25, 0.3) is 0 Å². The van der Waals surface area contributed by atoms with Crippen molar-refractivity contribution in [3.8, 4) is 0 Å². The van der Waals surface area contributed by atoms with Crippen molar-refractivity contribution in [3.05, 3.63) is 35.4 Å². The largest absolute Gasteiger partial charge is 0.389 e. The van der Waals surface area contributed by atoms with Gasteiger partial charge in [0.25, 0.3) is 5.91 Å². The summed E-state index contributed by atoms with van der Waals surface area (Å²) in [5, 5.41) is 12.5. The lowest BCUT2D eigenvalue weighted by atomic mass is 9.86. The average Bonchev–Trinajstić information content (AvgIpc) is 2.43. The van der Waals surface area contributed by atoms with Crippen LogP contribution >= 0.6 is 0 Å². The molecular weight excluding hydrogens is 304 g/mol. The number of likely N-dealkylation sites (N-methyl/N-ethyl adjacent to an activating group) is 1. The van der Waals surface area contributed by atoms with E-state index in [0.29, 0.717) is 5.56 Å². The minimum atomic E-state index is -0.975. The average molecular weight is 334 g/mol. The van der Waals surface area contributed by atoms with Crippen molar-refractivity contribution >= 4 is 11.8 Å². The van der Waals surface area contributed by atoms with Gasteiger partial charge in [-0.2, -0.15) is 0 Å². The fraction of sp³-hybridized carbons (Fsp3) is 0.579. The first-order valence-corrected chi connectivity index (χ1v) is 8.20. The van der Waals surface area contributed by atoms with Crippen LogP contribution in [0.15, 0.2) is 24.3 Å². The third kappa shape index (κ3) is 5.96. The zero-order valence-electron chi connectivity index (χ0n) is 15.8. The maximum absolute atomic E-state index is 12.3. The smallest absolute Gasteiger partial charge is 0.251 e. The van der Waals surface area contributed by atoms with Crippen LogP contribution in [-0.4, -0.2) is 47.1 Å². The molecule has 0 spiro atoms. The first-order valence-electron chi connectivity index (χ1n) is 8.20. The summed E-state index contributed by atoms with van der Waals surface area (Å²) in [6, 6.07) is 6.75. The van der Waals surface area contributed by atoms with Crippen LogP contribution in [-0.2, 0) is 10.2 Å². The lowest BCUT2D eigenvalue weighted by Crippen LogP contribution is -2.49. The number of hydrogen-bond donors (Lipinski definition) is 2. The molecule has 24 heavy (non-hydrogen) atoms. The summed E-state index contributed by atoms with van der Waals surface area (Å²) in [4.78, 5) is 26.0. The Hall–Kier alpha value is -1.88. The first-order chi connectivity index (χ1) is 10.8. The molecule has 0 fully saturated rings. The Morgan fingerprint density at radius 2 is 1.62 bits per heavy atom. The van der Waals surface area contributed by atoms with Crippen LogP contribution in [0.5, 0.6) is 0 Å². The van der Waals surface area contributed by atoms with E-state index < -0.39 is 11.6 Å². The van der Waals surface area contributed by atoms with Crippen LogP contribution < -0.4 is 5.32 Å². The van der Waals surface area contributed by atoms with Gasteiger partial charge in [-0.05, 0) is 43.9 Å². The molecule has 0 aliphatic carbocycles. The highest BCUT2D eigenvalue weighted by molar-refractivity contribution is 5.97. The minimum Gasteiger partial charge on any atom is -0.389 e. The predicted molar refractivity (Wildman–Crippen MR) is 96.0 cm³/mol. The Labute approximate surface area is 145 Å². The summed E-state index contributed by atoms with van der Waals surface area (Å²) >= 11 is 0. The van der Waals surface area contributed by atoms with Crippen LogP contribution in [0.4, 0.5) is 0 Å². The van der Waals surface area contributed by atoms with Crippen LogP contribution in [0.3, 0.4) is 0 Å². The molecule has 0 aromatic heterocycles. The van der Waals surface area contributed by atoms with Gasteiger partial charge < -0.3 is 15.3 Å². The van der Waals surface area contributed by atoms with Crippen molar-refractivity contribution in [3.63, 3.8) is 0 Å². The predicted octanol–water partition coefficient (Wildman–Crippen LogP) is 2.33. The zero-order valence-corrected chi connectivity index (χ0v) is 15.8. The van der Waals surface area contributed by atoms with Crippen molar-refractivity contribution in [2.45, 2.75) is 58.6 Å². The number of nitrogens with zero attached hydrogens (tertiary/aromatic N) is 1. The van der Waals surface area contributed by atoms with Gasteiger partial charge in [0, 0.05) is 19.2 Å². The number of amides is 2. The van der Waals surface area contributed by atoms with Crippen LogP contribution in [0.1, 0.15) is 57.5 Å². The molecule has 0 heterocycles. The van der Waals surface area contributed by atoms with Gasteiger partial charge in [0.2, 0.25) is 5.91 Å². The first kappa shape index (κ1) is 20.2. The van der Waals surface area contributed by atoms with Crippen LogP contribution in [0, 0.1) is 0 Å². The Bertz CT molecular complexity index is 580. The molecule has 2 amide bonds. The number of carbonyl (C=O) groups is 2. The van der Waals surface area contributed by atoms with E-state index in [1.54, 1.807) is 40.0 Å². The molecule has 0 saturated carbocycles. The van der Waals surface area contributed by atoms with E-state index in [4.69, 9.17) is 0 Å². The maximum atomic E-state index is 12.3. The molecule has 0 bridgehead atoms. The summed E-state index contributed by atoms with van der Waals surface area (Å²) in [5.41, 5.74) is 0.718. The monoisotopic (exact) mass is 334 g/mol. The SMILES string of the molecule is CC(NC(=O)c1ccc(C(C)(C)C)cc1)C(=O)N(C)CC(C)(C)O. The molecule has 2 N–H and O–H groups in total. The van der Waals surface area contributed by atoms with E-state index in [-0.39, 0.29) is 23.8 Å². The number of benzene rings is 1. The summed E-state index contributed by atoms with van der Waals surface area (Å²) in [5.74, 6) is -0.523. The fourth-order valence-electron chi connectivity index (χ4n) is 2.45. The van der Waals surface area contributed by atoms with Gasteiger partial charge in [0.05, 0.1) is 5.60 Å². The van der Waals surface area contributed by atoms with Crippen molar-refractivity contribution in [1.82, 2.24) is 10.2 Å². The molecule has 1 aromatic carbocycles. The van der Waals surface area contributed by atoms with Crippen molar-refractivity contribution in [2.75, 3.05) is 13.6 Å². The van der Waals surface area contributed by atoms with E-state index in [1.807, 2.05) is 12.1 Å². The highest BCUT2D eigenvalue weighted by Gasteiger charge is 2.24. The number of carbonyl (C=O) groups excluding carboxylic acids is 2. The minimum absolute atomic E-state index is 0.0259. The van der Waals surface area contributed by atoms with Crippen molar-refractivity contribution in [2.24, 2.45) is 0 Å². The summed E-state index contributed by atoms with van der Waals surface area (Å²) in [7, 11) is 1.61. The molecule has 1 rings (SSSR count). The topological polar surface area (TPSA) is 69.6 Å². The normalized spacial score (nSPS) is 13.3. The van der Waals surface area contributed by atoms with E-state index in [9.17, 15) is 14.7 Å². The quantitative estimate of drug-likeness (QED) is 0.868. The molecule has 0 saturated heterocycles. The second-order valence-corrected chi connectivity index (χ2v) is 8.03. The van der Waals surface area contributed by atoms with E-state index >= 15 is 0 Å². The Morgan fingerprint density at radius 1 is 1.12 bits per heavy atom. The third-order valence-electron chi connectivity index (χ3n) is 3.73. The highest BCUT2D eigenvalue weighted by Crippen LogP contribution is 2.22. The van der Waals surface area contributed by atoms with Gasteiger partial charge in [-0.3, -0.25) is 9.59 Å². The third-order valence-corrected chi connectivity index (χ3v) is 3.73.